The van der Waals surface area contributed by atoms with E-state index in [1.165, 1.54) is 22.4 Å². The molecule has 0 aliphatic carbocycles. The number of carbonyl (C=O) groups excluding carboxylic acids is 1. The molecule has 2 aromatic heterocycles. The first-order valence-corrected chi connectivity index (χ1v) is 10.9. The van der Waals surface area contributed by atoms with Gasteiger partial charge >= 0.3 is 5.97 Å². The number of aryl methyl sites for hydroxylation is 1. The van der Waals surface area contributed by atoms with E-state index in [9.17, 15) is 19.5 Å². The summed E-state index contributed by atoms with van der Waals surface area (Å²) in [5.41, 5.74) is 1.68. The lowest BCUT2D eigenvalue weighted by atomic mass is 9.94. The second kappa shape index (κ2) is 9.03. The molecule has 33 heavy (non-hydrogen) atoms. The maximum atomic E-state index is 13.6. The van der Waals surface area contributed by atoms with Crippen LogP contribution in [0.2, 0.25) is 5.02 Å². The van der Waals surface area contributed by atoms with E-state index in [-0.39, 0.29) is 35.7 Å². The van der Waals surface area contributed by atoms with Crippen molar-refractivity contribution in [3.05, 3.63) is 87.1 Å². The summed E-state index contributed by atoms with van der Waals surface area (Å²) >= 11 is 6.28. The average Bonchev–Trinajstić information content (AvgIpc) is 3.16. The van der Waals surface area contributed by atoms with E-state index in [4.69, 9.17) is 11.6 Å². The van der Waals surface area contributed by atoms with E-state index in [1.54, 1.807) is 18.2 Å². The number of nitrogens with zero attached hydrogens (tertiary/aromatic N) is 3. The molecular formula is C25H22ClN3O4. The van der Waals surface area contributed by atoms with Gasteiger partial charge in [-0.1, -0.05) is 48.9 Å². The molecule has 0 spiro atoms. The number of fused-ring (bicyclic) bond motifs is 1. The molecule has 0 aliphatic rings. The van der Waals surface area contributed by atoms with Crippen LogP contribution in [-0.4, -0.2) is 31.2 Å². The zero-order valence-electron chi connectivity index (χ0n) is 18.2. The van der Waals surface area contributed by atoms with E-state index >= 15 is 0 Å². The van der Waals surface area contributed by atoms with Crippen LogP contribution in [0.1, 0.15) is 46.4 Å². The van der Waals surface area contributed by atoms with Gasteiger partial charge in [0.25, 0.3) is 5.56 Å². The van der Waals surface area contributed by atoms with Crippen LogP contribution < -0.4 is 5.56 Å². The molecule has 2 heterocycles. The largest absolute Gasteiger partial charge is 0.477 e. The van der Waals surface area contributed by atoms with Crippen molar-refractivity contribution in [2.45, 2.75) is 26.3 Å². The van der Waals surface area contributed by atoms with Gasteiger partial charge in [-0.2, -0.15) is 5.10 Å². The maximum Gasteiger partial charge on any atom is 0.354 e. The van der Waals surface area contributed by atoms with Crippen molar-refractivity contribution in [2.24, 2.45) is 7.05 Å². The number of benzene rings is 2. The van der Waals surface area contributed by atoms with E-state index in [2.05, 4.69) is 5.10 Å². The molecule has 7 nitrogen and oxygen atoms in total. The Labute approximate surface area is 194 Å². The van der Waals surface area contributed by atoms with Crippen molar-refractivity contribution in [1.82, 2.24) is 14.3 Å². The molecule has 4 rings (SSSR count). The zero-order chi connectivity index (χ0) is 23.7. The molecule has 4 aromatic rings. The molecule has 0 saturated carbocycles. The molecule has 0 saturated heterocycles. The van der Waals surface area contributed by atoms with Gasteiger partial charge < -0.3 is 5.11 Å². The van der Waals surface area contributed by atoms with Gasteiger partial charge in [-0.25, -0.2) is 4.79 Å². The van der Waals surface area contributed by atoms with Crippen LogP contribution >= 0.6 is 11.6 Å². The van der Waals surface area contributed by atoms with E-state index in [0.717, 1.165) is 5.56 Å². The third-order valence-electron chi connectivity index (χ3n) is 5.51. The van der Waals surface area contributed by atoms with Gasteiger partial charge in [-0.15, -0.1) is 0 Å². The van der Waals surface area contributed by atoms with Gasteiger partial charge in [-0.3, -0.25) is 18.8 Å². The number of rotatable bonds is 7. The van der Waals surface area contributed by atoms with Crippen molar-refractivity contribution >= 4 is 34.1 Å². The van der Waals surface area contributed by atoms with Crippen LogP contribution in [0, 0.1) is 0 Å². The SMILES string of the molecule is CCCC(=O)c1c(-c2ccccc2)c2cc(Cl)ccc2c(=O)n1Cc1cc(C(=O)O)n(C)n1. The van der Waals surface area contributed by atoms with Crippen molar-refractivity contribution in [3.63, 3.8) is 0 Å². The number of carboxylic acids is 1. The van der Waals surface area contributed by atoms with Gasteiger partial charge in [0.2, 0.25) is 0 Å². The van der Waals surface area contributed by atoms with Crippen molar-refractivity contribution in [2.75, 3.05) is 0 Å². The Bertz CT molecular complexity index is 1440. The number of halogens is 1. The fourth-order valence-corrected chi connectivity index (χ4v) is 4.24. The van der Waals surface area contributed by atoms with Crippen molar-refractivity contribution in [3.8, 4) is 11.1 Å². The van der Waals surface area contributed by atoms with Crippen LogP contribution in [0.5, 0.6) is 0 Å². The van der Waals surface area contributed by atoms with Crippen molar-refractivity contribution < 1.29 is 14.7 Å². The highest BCUT2D eigenvalue weighted by molar-refractivity contribution is 6.31. The van der Waals surface area contributed by atoms with Gasteiger partial charge in [0.15, 0.2) is 5.78 Å². The monoisotopic (exact) mass is 463 g/mol. The highest BCUT2D eigenvalue weighted by atomic mass is 35.5. The Balaban J connectivity index is 2.08. The predicted molar refractivity (Wildman–Crippen MR) is 127 cm³/mol. The second-order valence-corrected chi connectivity index (χ2v) is 8.23. The standard InChI is InChI=1S/C25H22ClN3O4/c1-3-7-21(30)23-22(15-8-5-4-6-9-15)19-12-16(26)10-11-18(19)24(31)29(23)14-17-13-20(25(32)33)28(2)27-17/h4-6,8-13H,3,7,14H2,1-2H3,(H,32,33). The normalized spacial score (nSPS) is 11.1. The number of carbonyl (C=O) groups is 2. The van der Waals surface area contributed by atoms with Gasteiger partial charge in [-0.05, 0) is 41.6 Å². The second-order valence-electron chi connectivity index (χ2n) is 7.79. The average molecular weight is 464 g/mol. The number of aromatic carboxylic acids is 1. The van der Waals surface area contributed by atoms with E-state index in [1.807, 2.05) is 37.3 Å². The predicted octanol–water partition coefficient (Wildman–Crippen LogP) is 4.78. The minimum atomic E-state index is -1.12. The molecule has 0 radical (unpaired) electrons. The van der Waals surface area contributed by atoms with Crippen LogP contribution in [-0.2, 0) is 13.6 Å². The first-order valence-electron chi connectivity index (χ1n) is 10.5. The topological polar surface area (TPSA) is 94.2 Å². The molecule has 8 heteroatoms. The van der Waals surface area contributed by atoms with Gasteiger partial charge in [0, 0.05) is 29.4 Å². The summed E-state index contributed by atoms with van der Waals surface area (Å²) in [4.78, 5) is 38.5. The maximum absolute atomic E-state index is 13.6. The minimum Gasteiger partial charge on any atom is -0.477 e. The Morgan fingerprint density at radius 1 is 1.06 bits per heavy atom. The summed E-state index contributed by atoms with van der Waals surface area (Å²) < 4.78 is 2.65. The number of pyridine rings is 1. The lowest BCUT2D eigenvalue weighted by molar-refractivity contribution is 0.0684. The van der Waals surface area contributed by atoms with Crippen LogP contribution in [0.15, 0.2) is 59.4 Å². The number of hydrogen-bond donors (Lipinski definition) is 1. The third-order valence-corrected chi connectivity index (χ3v) is 5.74. The first-order chi connectivity index (χ1) is 15.8. The smallest absolute Gasteiger partial charge is 0.354 e. The van der Waals surface area contributed by atoms with Crippen LogP contribution in [0.4, 0.5) is 0 Å². The van der Waals surface area contributed by atoms with Crippen LogP contribution in [0.25, 0.3) is 21.9 Å². The summed E-state index contributed by atoms with van der Waals surface area (Å²) in [7, 11) is 1.52. The molecule has 0 amide bonds. The quantitative estimate of drug-likeness (QED) is 0.398. The van der Waals surface area contributed by atoms with E-state index in [0.29, 0.717) is 33.5 Å². The summed E-state index contributed by atoms with van der Waals surface area (Å²) in [6.07, 6.45) is 0.871. The Morgan fingerprint density at radius 3 is 2.42 bits per heavy atom. The van der Waals surface area contributed by atoms with Gasteiger partial charge in [0.05, 0.1) is 17.9 Å². The number of hydrogen-bond acceptors (Lipinski definition) is 4. The fraction of sp³-hybridized carbons (Fsp3) is 0.200. The number of ketones is 1. The molecule has 2 aromatic carbocycles. The molecular weight excluding hydrogens is 442 g/mol. The molecule has 1 N–H and O–H groups in total. The Kier molecular flexibility index (Phi) is 6.16. The van der Waals surface area contributed by atoms with Gasteiger partial charge in [0.1, 0.15) is 5.69 Å². The molecule has 0 aliphatic heterocycles. The summed E-state index contributed by atoms with van der Waals surface area (Å²) in [6.45, 7) is 1.86. The molecule has 168 valence electrons. The highest BCUT2D eigenvalue weighted by Gasteiger charge is 2.24. The molecule has 0 unspecified atom stereocenters. The highest BCUT2D eigenvalue weighted by Crippen LogP contribution is 2.33. The Morgan fingerprint density at radius 2 is 1.79 bits per heavy atom. The molecule has 0 atom stereocenters. The number of carboxylic acid groups (broad SMARTS) is 1. The first kappa shape index (κ1) is 22.5. The fourth-order valence-electron chi connectivity index (χ4n) is 4.07. The third kappa shape index (κ3) is 4.19. The van der Waals surface area contributed by atoms with Crippen molar-refractivity contribution in [1.29, 1.82) is 0 Å². The Hall–Kier alpha value is -3.71. The van der Waals surface area contributed by atoms with E-state index < -0.39 is 5.97 Å². The lowest BCUT2D eigenvalue weighted by Gasteiger charge is -2.19. The van der Waals surface area contributed by atoms with Crippen LogP contribution in [0.3, 0.4) is 0 Å². The molecule has 0 bridgehead atoms. The summed E-state index contributed by atoms with van der Waals surface area (Å²) in [6, 6.07) is 15.8. The number of aromatic nitrogens is 3. The lowest BCUT2D eigenvalue weighted by Crippen LogP contribution is -2.28. The number of Topliss-reactive ketones (excluding diaryl/α,β-unsaturated/α-hetero) is 1. The minimum absolute atomic E-state index is 0.00432. The molecule has 0 fully saturated rings. The summed E-state index contributed by atoms with van der Waals surface area (Å²) in [5, 5.41) is 15.1. The summed E-state index contributed by atoms with van der Waals surface area (Å²) in [5.74, 6) is -1.30. The zero-order valence-corrected chi connectivity index (χ0v) is 19.0.